The van der Waals surface area contributed by atoms with Gasteiger partial charge in [0.25, 0.3) is 0 Å². The fourth-order valence-electron chi connectivity index (χ4n) is 6.43. The molecule has 1 aliphatic heterocycles. The molecule has 0 unspecified atom stereocenters. The minimum Gasteiger partial charge on any atom is -0.391 e. The molecule has 1 atom stereocenters. The average molecular weight is 328 g/mol. The quantitative estimate of drug-likeness (QED) is 0.790. The second kappa shape index (κ2) is 5.67. The van der Waals surface area contributed by atoms with Crippen LogP contribution in [0.2, 0.25) is 0 Å². The second-order valence-electron chi connectivity index (χ2n) is 8.75. The molecule has 0 saturated heterocycles. The molecule has 5 heteroatoms. The maximum atomic E-state index is 11.1. The Hall–Kier alpha value is -1.20. The van der Waals surface area contributed by atoms with Gasteiger partial charge in [-0.15, -0.1) is 0 Å². The van der Waals surface area contributed by atoms with Crippen LogP contribution in [0.15, 0.2) is 6.33 Å². The van der Waals surface area contributed by atoms with Crippen molar-refractivity contribution in [3.05, 3.63) is 17.6 Å². The third kappa shape index (κ3) is 2.44. The predicted molar refractivity (Wildman–Crippen MR) is 92.5 cm³/mol. The number of nitrogens with zero attached hydrogens (tertiary/aromatic N) is 2. The molecular formula is C19H28N4O. The Balaban J connectivity index is 1.31. The third-order valence-electron chi connectivity index (χ3n) is 7.13. The van der Waals surface area contributed by atoms with Crippen molar-refractivity contribution in [1.29, 1.82) is 0 Å². The SMILES string of the molecule is O[C@@H](CNc1ncnc2c1CCNC2)C12CC3CC(CC(C3)C1)C2. The van der Waals surface area contributed by atoms with Gasteiger partial charge >= 0.3 is 0 Å². The highest BCUT2D eigenvalue weighted by Crippen LogP contribution is 2.61. The zero-order valence-electron chi connectivity index (χ0n) is 14.3. The van der Waals surface area contributed by atoms with E-state index in [1.807, 2.05) is 0 Å². The van der Waals surface area contributed by atoms with Gasteiger partial charge in [0.05, 0.1) is 11.8 Å². The highest BCUT2D eigenvalue weighted by Gasteiger charge is 2.53. The van der Waals surface area contributed by atoms with Crippen LogP contribution in [-0.2, 0) is 13.0 Å². The van der Waals surface area contributed by atoms with Gasteiger partial charge in [-0.2, -0.15) is 0 Å². The Bertz CT molecular complexity index is 597. The molecule has 4 aliphatic carbocycles. The van der Waals surface area contributed by atoms with Crippen LogP contribution in [0.4, 0.5) is 5.82 Å². The summed E-state index contributed by atoms with van der Waals surface area (Å²) in [5, 5.41) is 17.9. The molecule has 1 aromatic rings. The first-order valence-corrected chi connectivity index (χ1v) is 9.67. The fourth-order valence-corrected chi connectivity index (χ4v) is 6.43. The van der Waals surface area contributed by atoms with E-state index in [-0.39, 0.29) is 11.5 Å². The van der Waals surface area contributed by atoms with E-state index >= 15 is 0 Å². The Labute approximate surface area is 143 Å². The van der Waals surface area contributed by atoms with Crippen molar-refractivity contribution in [1.82, 2.24) is 15.3 Å². The van der Waals surface area contributed by atoms with Crippen molar-refractivity contribution in [2.45, 2.75) is 57.6 Å². The number of aliphatic hydroxyl groups is 1. The molecule has 3 N–H and O–H groups in total. The number of aliphatic hydroxyl groups excluding tert-OH is 1. The molecule has 0 spiro atoms. The largest absolute Gasteiger partial charge is 0.391 e. The van der Waals surface area contributed by atoms with E-state index in [0.29, 0.717) is 6.54 Å². The van der Waals surface area contributed by atoms with Gasteiger partial charge in [0.15, 0.2) is 0 Å². The molecule has 5 nitrogen and oxygen atoms in total. The number of rotatable bonds is 4. The van der Waals surface area contributed by atoms with E-state index in [0.717, 1.165) is 48.8 Å². The van der Waals surface area contributed by atoms with Crippen molar-refractivity contribution >= 4 is 5.82 Å². The first-order valence-electron chi connectivity index (χ1n) is 9.67. The van der Waals surface area contributed by atoms with Gasteiger partial charge in [-0.1, -0.05) is 0 Å². The van der Waals surface area contributed by atoms with E-state index in [1.54, 1.807) is 6.33 Å². The summed E-state index contributed by atoms with van der Waals surface area (Å²) in [6.07, 6.45) is 10.4. The van der Waals surface area contributed by atoms with Crippen molar-refractivity contribution in [3.63, 3.8) is 0 Å². The van der Waals surface area contributed by atoms with Crippen LogP contribution < -0.4 is 10.6 Å². The molecule has 4 bridgehead atoms. The normalized spacial score (nSPS) is 38.0. The zero-order valence-corrected chi connectivity index (χ0v) is 14.3. The third-order valence-corrected chi connectivity index (χ3v) is 7.13. The first-order chi connectivity index (χ1) is 11.7. The van der Waals surface area contributed by atoms with E-state index in [9.17, 15) is 5.11 Å². The summed E-state index contributed by atoms with van der Waals surface area (Å²) in [7, 11) is 0. The molecule has 6 rings (SSSR count). The molecule has 0 amide bonds. The maximum absolute atomic E-state index is 11.1. The summed E-state index contributed by atoms with van der Waals surface area (Å²) >= 11 is 0. The van der Waals surface area contributed by atoms with E-state index in [4.69, 9.17) is 0 Å². The van der Waals surface area contributed by atoms with Crippen LogP contribution in [-0.4, -0.2) is 34.3 Å². The van der Waals surface area contributed by atoms with Crippen molar-refractivity contribution < 1.29 is 5.11 Å². The summed E-state index contributed by atoms with van der Waals surface area (Å²) in [6, 6.07) is 0. The smallest absolute Gasteiger partial charge is 0.133 e. The summed E-state index contributed by atoms with van der Waals surface area (Å²) < 4.78 is 0. The average Bonchev–Trinajstić information content (AvgIpc) is 2.58. The maximum Gasteiger partial charge on any atom is 0.133 e. The van der Waals surface area contributed by atoms with Crippen LogP contribution in [0.25, 0.3) is 0 Å². The van der Waals surface area contributed by atoms with Crippen LogP contribution in [0.1, 0.15) is 49.8 Å². The Morgan fingerprint density at radius 3 is 2.58 bits per heavy atom. The lowest BCUT2D eigenvalue weighted by atomic mass is 9.48. The topological polar surface area (TPSA) is 70.1 Å². The second-order valence-corrected chi connectivity index (χ2v) is 8.75. The van der Waals surface area contributed by atoms with Gasteiger partial charge in [0.2, 0.25) is 0 Å². The lowest BCUT2D eigenvalue weighted by molar-refractivity contribution is -0.115. The highest BCUT2D eigenvalue weighted by molar-refractivity contribution is 5.47. The minimum absolute atomic E-state index is 0.177. The number of nitrogens with one attached hydrogen (secondary N) is 2. The van der Waals surface area contributed by atoms with Crippen molar-refractivity contribution in [3.8, 4) is 0 Å². The molecule has 4 saturated carbocycles. The first kappa shape index (κ1) is 15.1. The molecule has 24 heavy (non-hydrogen) atoms. The number of hydrogen-bond acceptors (Lipinski definition) is 5. The number of hydrogen-bond donors (Lipinski definition) is 3. The van der Waals surface area contributed by atoms with Crippen LogP contribution >= 0.6 is 0 Å². The van der Waals surface area contributed by atoms with Crippen molar-refractivity contribution in [2.75, 3.05) is 18.4 Å². The van der Waals surface area contributed by atoms with Gasteiger partial charge < -0.3 is 15.7 Å². The van der Waals surface area contributed by atoms with E-state index in [2.05, 4.69) is 20.6 Å². The molecule has 130 valence electrons. The number of anilines is 1. The molecule has 5 aliphatic rings. The lowest BCUT2D eigenvalue weighted by Gasteiger charge is -2.58. The summed E-state index contributed by atoms with van der Waals surface area (Å²) in [6.45, 7) is 2.43. The lowest BCUT2D eigenvalue weighted by Crippen LogP contribution is -2.53. The highest BCUT2D eigenvalue weighted by atomic mass is 16.3. The van der Waals surface area contributed by atoms with E-state index < -0.39 is 0 Å². The number of aromatic nitrogens is 2. The zero-order chi connectivity index (χ0) is 16.1. The van der Waals surface area contributed by atoms with Gasteiger partial charge in [-0.05, 0) is 74.7 Å². The predicted octanol–water partition coefficient (Wildman–Crippen LogP) is 2.11. The van der Waals surface area contributed by atoms with Crippen molar-refractivity contribution in [2.24, 2.45) is 23.2 Å². The Morgan fingerprint density at radius 2 is 1.88 bits per heavy atom. The van der Waals surface area contributed by atoms with Crippen LogP contribution in [0, 0.1) is 23.2 Å². The van der Waals surface area contributed by atoms with Crippen LogP contribution in [0.5, 0.6) is 0 Å². The van der Waals surface area contributed by atoms with Gasteiger partial charge in [-0.3, -0.25) is 0 Å². The van der Waals surface area contributed by atoms with E-state index in [1.165, 1.54) is 44.1 Å². The van der Waals surface area contributed by atoms with Gasteiger partial charge in [-0.25, -0.2) is 9.97 Å². The summed E-state index contributed by atoms with van der Waals surface area (Å²) in [5.41, 5.74) is 2.51. The minimum atomic E-state index is -0.252. The van der Waals surface area contributed by atoms with Gasteiger partial charge in [0.1, 0.15) is 12.1 Å². The fraction of sp³-hybridized carbons (Fsp3) is 0.789. The monoisotopic (exact) mass is 328 g/mol. The molecule has 2 heterocycles. The standard InChI is InChI=1S/C19H28N4O/c24-17(19-6-12-3-13(7-19)5-14(4-12)8-19)10-21-18-15-1-2-20-9-16(15)22-11-23-18/h11-14,17,20,24H,1-10H2,(H,21,22,23)/t12?,13?,14?,17-,19?/m0/s1. The molecule has 4 fully saturated rings. The molecular weight excluding hydrogens is 300 g/mol. The van der Waals surface area contributed by atoms with Gasteiger partial charge in [0, 0.05) is 18.7 Å². The summed E-state index contributed by atoms with van der Waals surface area (Å²) in [5.74, 6) is 3.57. The molecule has 0 aromatic carbocycles. The Kier molecular flexibility index (Phi) is 3.56. The number of fused-ring (bicyclic) bond motifs is 1. The van der Waals surface area contributed by atoms with Crippen LogP contribution in [0.3, 0.4) is 0 Å². The summed E-state index contributed by atoms with van der Waals surface area (Å²) in [4.78, 5) is 8.83. The Morgan fingerprint density at radius 1 is 1.17 bits per heavy atom. The molecule has 0 radical (unpaired) electrons. The molecule has 1 aromatic heterocycles.